The van der Waals surface area contributed by atoms with Gasteiger partial charge in [0.05, 0.1) is 0 Å². The first-order valence-corrected chi connectivity index (χ1v) is 19.6. The highest BCUT2D eigenvalue weighted by molar-refractivity contribution is 6.26. The summed E-state index contributed by atoms with van der Waals surface area (Å²) < 4.78 is 6.61. The third kappa shape index (κ3) is 4.31. The fourth-order valence-corrected chi connectivity index (χ4v) is 10.4. The maximum absolute atomic E-state index is 6.61. The molecule has 2 aliphatic carbocycles. The molecule has 0 radical (unpaired) electrons. The molecule has 0 saturated heterocycles. The second-order valence-corrected chi connectivity index (χ2v) is 17.3. The molecule has 0 atom stereocenters. The molecular weight excluding hydrogens is 667 g/mol. The van der Waals surface area contributed by atoms with Crippen molar-refractivity contribution in [3.8, 4) is 22.3 Å². The van der Waals surface area contributed by atoms with Crippen LogP contribution in [0.5, 0.6) is 0 Å². The quantitative estimate of drug-likeness (QED) is 0.169. The van der Waals surface area contributed by atoms with E-state index in [-0.39, 0.29) is 16.2 Å². The highest BCUT2D eigenvalue weighted by Crippen LogP contribution is 2.56. The van der Waals surface area contributed by atoms with Crippen LogP contribution in [0.15, 0.2) is 156 Å². The Morgan fingerprint density at radius 3 is 1.71 bits per heavy atom. The number of fused-ring (bicyclic) bond motifs is 14. The monoisotopic (exact) mass is 709 g/mol. The molecule has 2 heterocycles. The van der Waals surface area contributed by atoms with Gasteiger partial charge in [0.2, 0.25) is 0 Å². The lowest BCUT2D eigenvalue weighted by molar-refractivity contribution is 0.525. The molecule has 0 fully saturated rings. The Bertz CT molecular complexity index is 2990. The molecule has 266 valence electrons. The van der Waals surface area contributed by atoms with E-state index in [0.29, 0.717) is 0 Å². The fraction of sp³-hybridized carbons (Fsp3) is 0.170. The smallest absolute Gasteiger partial charge is 0.143 e. The van der Waals surface area contributed by atoms with Crippen molar-refractivity contribution < 1.29 is 4.42 Å². The standard InChI is InChI=1S/C53H43NO/c1-51(2)42-19-13-12-16-37(42)38-26-24-35(30-45(38)51)54(34-22-20-33(21-23-34)32-14-8-7-9-15-32)36-25-28-43-46(31-36)52(3,4)44-29-27-41-47(48(44)53(43,5)6)50-40-18-11-10-17-39(40)49(41)55-50/h7-31H,1-6H3. The van der Waals surface area contributed by atoms with Crippen molar-refractivity contribution in [3.05, 3.63) is 185 Å². The van der Waals surface area contributed by atoms with Gasteiger partial charge in [-0.2, -0.15) is 0 Å². The second kappa shape index (κ2) is 11.0. The van der Waals surface area contributed by atoms with Gasteiger partial charge in [-0.25, -0.2) is 0 Å². The van der Waals surface area contributed by atoms with Crippen LogP contribution in [0.1, 0.15) is 74.9 Å². The number of furan rings is 2. The Labute approximate surface area is 323 Å². The summed E-state index contributed by atoms with van der Waals surface area (Å²) in [4.78, 5) is 2.46. The van der Waals surface area contributed by atoms with E-state index in [0.717, 1.165) is 22.5 Å². The number of hydrogen-bond acceptors (Lipinski definition) is 2. The third-order valence-corrected chi connectivity index (χ3v) is 13.3. The Morgan fingerprint density at radius 1 is 0.382 bits per heavy atom. The van der Waals surface area contributed by atoms with Gasteiger partial charge in [-0.3, -0.25) is 0 Å². The van der Waals surface area contributed by atoms with Crippen LogP contribution >= 0.6 is 0 Å². The Morgan fingerprint density at radius 2 is 0.945 bits per heavy atom. The molecule has 0 spiro atoms. The molecule has 0 saturated carbocycles. The van der Waals surface area contributed by atoms with Gasteiger partial charge < -0.3 is 9.32 Å². The number of rotatable bonds is 4. The highest BCUT2D eigenvalue weighted by atomic mass is 16.3. The van der Waals surface area contributed by atoms with Crippen LogP contribution in [-0.2, 0) is 16.2 Å². The van der Waals surface area contributed by atoms with E-state index in [4.69, 9.17) is 4.42 Å². The van der Waals surface area contributed by atoms with E-state index in [9.17, 15) is 0 Å². The van der Waals surface area contributed by atoms with Crippen LogP contribution in [0.25, 0.3) is 55.0 Å². The lowest BCUT2D eigenvalue weighted by Gasteiger charge is -2.45. The predicted octanol–water partition coefficient (Wildman–Crippen LogP) is 14.6. The van der Waals surface area contributed by atoms with Gasteiger partial charge >= 0.3 is 0 Å². The average Bonchev–Trinajstić information content (AvgIpc) is 3.85. The van der Waals surface area contributed by atoms with E-state index in [1.54, 1.807) is 0 Å². The molecule has 2 aliphatic rings. The molecule has 55 heavy (non-hydrogen) atoms. The first kappa shape index (κ1) is 32.3. The second-order valence-electron chi connectivity index (χ2n) is 17.3. The molecule has 7 aromatic carbocycles. The number of anilines is 3. The molecule has 2 bridgehead atoms. The van der Waals surface area contributed by atoms with Crippen LogP contribution in [0.4, 0.5) is 17.1 Å². The maximum Gasteiger partial charge on any atom is 0.143 e. The molecule has 9 aromatic rings. The summed E-state index contributed by atoms with van der Waals surface area (Å²) in [7, 11) is 0. The fourth-order valence-electron chi connectivity index (χ4n) is 10.4. The summed E-state index contributed by atoms with van der Waals surface area (Å²) in [6.45, 7) is 14.4. The van der Waals surface area contributed by atoms with Gasteiger partial charge in [0, 0.05) is 54.9 Å². The average molecular weight is 710 g/mol. The summed E-state index contributed by atoms with van der Waals surface area (Å²) in [5, 5.41) is 4.92. The Balaban J connectivity index is 1.10. The normalized spacial score (nSPS) is 15.9. The molecule has 2 aromatic heterocycles. The van der Waals surface area contributed by atoms with Crippen LogP contribution in [-0.4, -0.2) is 0 Å². The number of hydrogen-bond donors (Lipinski definition) is 0. The third-order valence-electron chi connectivity index (χ3n) is 13.3. The van der Waals surface area contributed by atoms with Gasteiger partial charge in [0.15, 0.2) is 0 Å². The molecule has 2 nitrogen and oxygen atoms in total. The van der Waals surface area contributed by atoms with Crippen LogP contribution in [0.2, 0.25) is 0 Å². The van der Waals surface area contributed by atoms with Crippen LogP contribution < -0.4 is 4.90 Å². The summed E-state index contributed by atoms with van der Waals surface area (Å²) in [5.74, 6) is 0. The molecule has 0 N–H and O–H groups in total. The molecule has 0 aliphatic heterocycles. The first-order valence-electron chi connectivity index (χ1n) is 19.6. The van der Waals surface area contributed by atoms with Crippen molar-refractivity contribution in [3.63, 3.8) is 0 Å². The SMILES string of the molecule is CC1(C)c2ccccc2-c2ccc(N(c3ccc(-c4ccccc4)cc3)c3ccc4c(c3)C(C)(C)c3ccc5c6oc(c7ccccc76)c5c3C4(C)C)cc21. The van der Waals surface area contributed by atoms with Crippen molar-refractivity contribution >= 4 is 49.8 Å². The Kier molecular flexibility index (Phi) is 6.45. The van der Waals surface area contributed by atoms with Crippen LogP contribution in [0.3, 0.4) is 0 Å². The van der Waals surface area contributed by atoms with Gasteiger partial charge in [-0.05, 0) is 92.0 Å². The zero-order chi connectivity index (χ0) is 37.4. The maximum atomic E-state index is 6.61. The van der Waals surface area contributed by atoms with E-state index in [2.05, 4.69) is 198 Å². The van der Waals surface area contributed by atoms with Crippen molar-refractivity contribution in [2.75, 3.05) is 4.90 Å². The van der Waals surface area contributed by atoms with E-state index in [1.807, 2.05) is 0 Å². The largest absolute Gasteiger partial charge is 0.455 e. The molecule has 11 rings (SSSR count). The Hall–Kier alpha value is -6.12. The predicted molar refractivity (Wildman–Crippen MR) is 231 cm³/mol. The van der Waals surface area contributed by atoms with E-state index < -0.39 is 0 Å². The van der Waals surface area contributed by atoms with Gasteiger partial charge in [0.1, 0.15) is 11.2 Å². The summed E-state index contributed by atoms with van der Waals surface area (Å²) in [5.41, 5.74) is 18.3. The van der Waals surface area contributed by atoms with Gasteiger partial charge in [-0.15, -0.1) is 0 Å². The molecule has 0 amide bonds. The summed E-state index contributed by atoms with van der Waals surface area (Å²) in [6.07, 6.45) is 0. The van der Waals surface area contributed by atoms with Crippen molar-refractivity contribution in [1.29, 1.82) is 0 Å². The zero-order valence-corrected chi connectivity index (χ0v) is 32.3. The lowest BCUT2D eigenvalue weighted by atomic mass is 9.59. The molecule has 2 heteroatoms. The van der Waals surface area contributed by atoms with Gasteiger partial charge in [0.25, 0.3) is 0 Å². The summed E-state index contributed by atoms with van der Waals surface area (Å²) >= 11 is 0. The highest BCUT2D eigenvalue weighted by Gasteiger charge is 2.44. The summed E-state index contributed by atoms with van der Waals surface area (Å²) in [6, 6.07) is 56.3. The van der Waals surface area contributed by atoms with Crippen molar-refractivity contribution in [1.82, 2.24) is 0 Å². The van der Waals surface area contributed by atoms with E-state index >= 15 is 0 Å². The first-order chi connectivity index (χ1) is 26.5. The number of nitrogens with zero attached hydrogens (tertiary/aromatic N) is 1. The lowest BCUT2D eigenvalue weighted by Crippen LogP contribution is -2.37. The van der Waals surface area contributed by atoms with Crippen LogP contribution in [0, 0.1) is 0 Å². The zero-order valence-electron chi connectivity index (χ0n) is 32.3. The minimum Gasteiger partial charge on any atom is -0.455 e. The minimum absolute atomic E-state index is 0.101. The molecule has 0 unspecified atom stereocenters. The molecular formula is C53H43NO. The number of benzene rings is 8. The minimum atomic E-state index is -0.248. The topological polar surface area (TPSA) is 16.4 Å². The van der Waals surface area contributed by atoms with Crippen molar-refractivity contribution in [2.24, 2.45) is 0 Å². The van der Waals surface area contributed by atoms with Gasteiger partial charge in [-0.1, -0.05) is 157 Å². The van der Waals surface area contributed by atoms with Crippen molar-refractivity contribution in [2.45, 2.75) is 57.8 Å². The van der Waals surface area contributed by atoms with E-state index in [1.165, 1.54) is 82.9 Å².